The van der Waals surface area contributed by atoms with Gasteiger partial charge in [0.15, 0.2) is 0 Å². The summed E-state index contributed by atoms with van der Waals surface area (Å²) >= 11 is 0. The highest BCUT2D eigenvalue weighted by atomic mass is 16.4. The van der Waals surface area contributed by atoms with Gasteiger partial charge in [0.05, 0.1) is 0 Å². The SMILES string of the molecule is CCCC(C)(NC(=O)NC1CC1)C(=O)O. The summed E-state index contributed by atoms with van der Waals surface area (Å²) in [6.07, 6.45) is 3.13. The van der Waals surface area contributed by atoms with Crippen molar-refractivity contribution in [3.63, 3.8) is 0 Å². The number of rotatable bonds is 5. The van der Waals surface area contributed by atoms with E-state index in [0.29, 0.717) is 12.8 Å². The van der Waals surface area contributed by atoms with Crippen LogP contribution in [-0.2, 0) is 4.79 Å². The maximum Gasteiger partial charge on any atom is 0.329 e. The Balaban J connectivity index is 2.48. The van der Waals surface area contributed by atoms with Crippen molar-refractivity contribution in [1.29, 1.82) is 0 Å². The van der Waals surface area contributed by atoms with Crippen molar-refractivity contribution in [3.8, 4) is 0 Å². The number of urea groups is 1. The molecule has 86 valence electrons. The van der Waals surface area contributed by atoms with Crippen LogP contribution in [0.2, 0.25) is 0 Å². The van der Waals surface area contributed by atoms with Gasteiger partial charge in [0, 0.05) is 6.04 Å². The van der Waals surface area contributed by atoms with Crippen molar-refractivity contribution in [2.75, 3.05) is 0 Å². The second kappa shape index (κ2) is 4.51. The molecule has 1 unspecified atom stereocenters. The van der Waals surface area contributed by atoms with Gasteiger partial charge in [-0.2, -0.15) is 0 Å². The van der Waals surface area contributed by atoms with Crippen molar-refractivity contribution >= 4 is 12.0 Å². The lowest BCUT2D eigenvalue weighted by atomic mass is 9.97. The van der Waals surface area contributed by atoms with E-state index in [2.05, 4.69) is 10.6 Å². The highest BCUT2D eigenvalue weighted by Gasteiger charge is 2.35. The third kappa shape index (κ3) is 3.42. The smallest absolute Gasteiger partial charge is 0.329 e. The van der Waals surface area contributed by atoms with E-state index in [9.17, 15) is 9.59 Å². The minimum absolute atomic E-state index is 0.240. The number of hydrogen-bond donors (Lipinski definition) is 3. The van der Waals surface area contributed by atoms with E-state index in [0.717, 1.165) is 12.8 Å². The van der Waals surface area contributed by atoms with Gasteiger partial charge in [0.2, 0.25) is 0 Å². The first-order chi connectivity index (χ1) is 6.98. The molecule has 0 bridgehead atoms. The second-order valence-electron chi connectivity index (χ2n) is 4.26. The second-order valence-corrected chi connectivity index (χ2v) is 4.26. The Morgan fingerprint density at radius 1 is 1.47 bits per heavy atom. The van der Waals surface area contributed by atoms with E-state index in [-0.39, 0.29) is 12.1 Å². The van der Waals surface area contributed by atoms with Gasteiger partial charge in [-0.1, -0.05) is 13.3 Å². The molecular weight excluding hydrogens is 196 g/mol. The number of carboxylic acids is 1. The van der Waals surface area contributed by atoms with E-state index < -0.39 is 11.5 Å². The average Bonchev–Trinajstić information content (AvgIpc) is 2.87. The van der Waals surface area contributed by atoms with Crippen molar-refractivity contribution in [2.24, 2.45) is 0 Å². The molecule has 0 saturated heterocycles. The van der Waals surface area contributed by atoms with Crippen LogP contribution in [0, 0.1) is 0 Å². The van der Waals surface area contributed by atoms with E-state index in [1.807, 2.05) is 6.92 Å². The van der Waals surface area contributed by atoms with Gasteiger partial charge in [0.25, 0.3) is 0 Å². The van der Waals surface area contributed by atoms with E-state index in [4.69, 9.17) is 5.11 Å². The third-order valence-electron chi connectivity index (χ3n) is 2.52. The molecule has 1 fully saturated rings. The molecule has 0 radical (unpaired) electrons. The van der Waals surface area contributed by atoms with E-state index in [1.165, 1.54) is 6.92 Å². The summed E-state index contributed by atoms with van der Waals surface area (Å²) in [4.78, 5) is 22.4. The largest absolute Gasteiger partial charge is 0.480 e. The fourth-order valence-electron chi connectivity index (χ4n) is 1.42. The Morgan fingerprint density at radius 2 is 2.07 bits per heavy atom. The predicted octanol–water partition coefficient (Wildman–Crippen LogP) is 1.09. The van der Waals surface area contributed by atoms with Gasteiger partial charge in [0.1, 0.15) is 5.54 Å². The zero-order valence-corrected chi connectivity index (χ0v) is 9.17. The quantitative estimate of drug-likeness (QED) is 0.641. The molecule has 0 heterocycles. The highest BCUT2D eigenvalue weighted by molar-refractivity contribution is 5.86. The summed E-state index contributed by atoms with van der Waals surface area (Å²) in [6.45, 7) is 3.42. The van der Waals surface area contributed by atoms with Crippen molar-refractivity contribution < 1.29 is 14.7 Å². The fraction of sp³-hybridized carbons (Fsp3) is 0.800. The number of hydrogen-bond acceptors (Lipinski definition) is 2. The summed E-state index contributed by atoms with van der Waals surface area (Å²) in [5.41, 5.74) is -1.16. The number of amides is 2. The summed E-state index contributed by atoms with van der Waals surface area (Å²) in [5.74, 6) is -0.990. The van der Waals surface area contributed by atoms with Crippen molar-refractivity contribution in [2.45, 2.75) is 51.1 Å². The molecule has 2 amide bonds. The van der Waals surface area contributed by atoms with E-state index >= 15 is 0 Å². The monoisotopic (exact) mass is 214 g/mol. The van der Waals surface area contributed by atoms with Crippen LogP contribution >= 0.6 is 0 Å². The molecule has 5 nitrogen and oxygen atoms in total. The molecule has 15 heavy (non-hydrogen) atoms. The predicted molar refractivity (Wildman–Crippen MR) is 55.6 cm³/mol. The molecule has 5 heteroatoms. The van der Waals surface area contributed by atoms with Crippen LogP contribution in [0.25, 0.3) is 0 Å². The average molecular weight is 214 g/mol. The number of nitrogens with one attached hydrogen (secondary N) is 2. The van der Waals surface area contributed by atoms with Crippen LogP contribution in [0.4, 0.5) is 4.79 Å². The molecule has 0 aliphatic heterocycles. The number of aliphatic carboxylic acids is 1. The Bertz CT molecular complexity index is 263. The van der Waals surface area contributed by atoms with Crippen LogP contribution < -0.4 is 10.6 Å². The minimum Gasteiger partial charge on any atom is -0.480 e. The summed E-state index contributed by atoms with van der Waals surface area (Å²) in [7, 11) is 0. The van der Waals surface area contributed by atoms with Gasteiger partial charge in [-0.3, -0.25) is 0 Å². The minimum atomic E-state index is -1.16. The summed E-state index contributed by atoms with van der Waals surface area (Å²) in [5, 5.41) is 14.2. The molecule has 0 spiro atoms. The Kier molecular flexibility index (Phi) is 3.55. The molecule has 3 N–H and O–H groups in total. The normalized spacial score (nSPS) is 19.1. The number of carbonyl (C=O) groups is 2. The van der Waals surface area contributed by atoms with Crippen LogP contribution in [-0.4, -0.2) is 28.7 Å². The number of carboxylic acid groups (broad SMARTS) is 1. The molecule has 0 aromatic carbocycles. The molecule has 1 saturated carbocycles. The molecule has 0 aromatic rings. The Morgan fingerprint density at radius 3 is 2.47 bits per heavy atom. The Labute approximate surface area is 89.2 Å². The molecule has 0 aromatic heterocycles. The lowest BCUT2D eigenvalue weighted by molar-refractivity contribution is -0.144. The van der Waals surface area contributed by atoms with Gasteiger partial charge in [-0.15, -0.1) is 0 Å². The van der Waals surface area contributed by atoms with Gasteiger partial charge in [-0.05, 0) is 26.2 Å². The Hall–Kier alpha value is -1.26. The first-order valence-electron chi connectivity index (χ1n) is 5.30. The molecular formula is C10H18N2O3. The first kappa shape index (κ1) is 11.8. The highest BCUT2D eigenvalue weighted by Crippen LogP contribution is 2.19. The number of carbonyl (C=O) groups excluding carboxylic acids is 1. The molecule has 1 aliphatic rings. The topological polar surface area (TPSA) is 78.4 Å². The van der Waals surface area contributed by atoms with Crippen LogP contribution in [0.5, 0.6) is 0 Å². The first-order valence-corrected chi connectivity index (χ1v) is 5.30. The zero-order valence-electron chi connectivity index (χ0n) is 9.17. The third-order valence-corrected chi connectivity index (χ3v) is 2.52. The summed E-state index contributed by atoms with van der Waals surface area (Å²) < 4.78 is 0. The van der Waals surface area contributed by atoms with Crippen LogP contribution in [0.1, 0.15) is 39.5 Å². The molecule has 1 aliphatic carbocycles. The lowest BCUT2D eigenvalue weighted by Gasteiger charge is -2.25. The van der Waals surface area contributed by atoms with Crippen LogP contribution in [0.3, 0.4) is 0 Å². The van der Waals surface area contributed by atoms with E-state index in [1.54, 1.807) is 0 Å². The lowest BCUT2D eigenvalue weighted by Crippen LogP contribution is -2.55. The molecule has 1 rings (SSSR count). The van der Waals surface area contributed by atoms with Gasteiger partial charge >= 0.3 is 12.0 Å². The van der Waals surface area contributed by atoms with Gasteiger partial charge in [-0.25, -0.2) is 9.59 Å². The van der Waals surface area contributed by atoms with Crippen LogP contribution in [0.15, 0.2) is 0 Å². The summed E-state index contributed by atoms with van der Waals surface area (Å²) in [6, 6.07) is -0.138. The van der Waals surface area contributed by atoms with Crippen molar-refractivity contribution in [1.82, 2.24) is 10.6 Å². The maximum atomic E-state index is 11.4. The van der Waals surface area contributed by atoms with Gasteiger partial charge < -0.3 is 15.7 Å². The molecule has 1 atom stereocenters. The fourth-order valence-corrected chi connectivity index (χ4v) is 1.42. The maximum absolute atomic E-state index is 11.4. The standard InChI is InChI=1S/C10H18N2O3/c1-3-6-10(2,8(13)14)12-9(15)11-7-4-5-7/h7H,3-6H2,1-2H3,(H,13,14)(H2,11,12,15). The zero-order chi connectivity index (χ0) is 11.5. The van der Waals surface area contributed by atoms with Crippen molar-refractivity contribution in [3.05, 3.63) is 0 Å².